The second-order valence-corrected chi connectivity index (χ2v) is 7.65. The number of hydrogen-bond donors (Lipinski definition) is 1. The van der Waals surface area contributed by atoms with Crippen LogP contribution < -0.4 is 5.32 Å². The third-order valence-corrected chi connectivity index (χ3v) is 4.95. The Bertz CT molecular complexity index is 1210. The molecule has 0 saturated heterocycles. The number of nitrogens with zero attached hydrogens (tertiary/aromatic N) is 1. The number of carbonyl (C=O) groups excluding carboxylic acids is 3. The van der Waals surface area contributed by atoms with Crippen molar-refractivity contribution in [3.63, 3.8) is 0 Å². The molecule has 0 saturated carbocycles. The highest BCUT2D eigenvalue weighted by molar-refractivity contribution is 9.10. The van der Waals surface area contributed by atoms with E-state index in [9.17, 15) is 24.5 Å². The maximum atomic E-state index is 12.7. The zero-order chi connectivity index (χ0) is 23.8. The summed E-state index contributed by atoms with van der Waals surface area (Å²) in [5, 5.41) is 13.3. The summed E-state index contributed by atoms with van der Waals surface area (Å²) in [4.78, 5) is 47.8. The molecule has 9 heteroatoms. The molecule has 0 spiro atoms. The summed E-state index contributed by atoms with van der Waals surface area (Å²) in [5.41, 5.74) is 0.813. The number of nitro groups is 1. The molecular weight excluding hydrogens is 492 g/mol. The van der Waals surface area contributed by atoms with Crippen LogP contribution in [0.5, 0.6) is 0 Å². The number of ketones is 1. The van der Waals surface area contributed by atoms with Crippen LogP contribution in [0.2, 0.25) is 0 Å². The van der Waals surface area contributed by atoms with Crippen LogP contribution in [0, 0.1) is 10.1 Å². The Morgan fingerprint density at radius 3 is 2.12 bits per heavy atom. The molecule has 0 aliphatic rings. The van der Waals surface area contributed by atoms with E-state index in [4.69, 9.17) is 4.74 Å². The molecule has 0 fully saturated rings. The topological polar surface area (TPSA) is 116 Å². The average molecular weight is 509 g/mol. The number of carbonyl (C=O) groups is 3. The van der Waals surface area contributed by atoms with Gasteiger partial charge in [-0.15, -0.1) is 0 Å². The third-order valence-electron chi connectivity index (χ3n) is 4.42. The highest BCUT2D eigenvalue weighted by Gasteiger charge is 2.18. The first-order valence-corrected chi connectivity index (χ1v) is 10.4. The molecule has 1 amide bonds. The maximum absolute atomic E-state index is 12.7. The van der Waals surface area contributed by atoms with E-state index >= 15 is 0 Å². The minimum atomic E-state index is -0.903. The van der Waals surface area contributed by atoms with Gasteiger partial charge >= 0.3 is 5.97 Å². The van der Waals surface area contributed by atoms with Gasteiger partial charge in [-0.2, -0.15) is 0 Å². The Morgan fingerprint density at radius 2 is 1.52 bits per heavy atom. The van der Waals surface area contributed by atoms with Crippen LogP contribution in [-0.2, 0) is 9.53 Å². The number of amides is 1. The van der Waals surface area contributed by atoms with Crippen LogP contribution in [0.1, 0.15) is 26.3 Å². The third kappa shape index (κ3) is 6.68. The molecule has 0 bridgehead atoms. The number of Topliss-reactive ketones (excluding diaryl/α,β-unsaturated/α-hetero) is 1. The highest BCUT2D eigenvalue weighted by atomic mass is 79.9. The largest absolute Gasteiger partial charge is 0.453 e. The summed E-state index contributed by atoms with van der Waals surface area (Å²) in [6, 6.07) is 20.3. The van der Waals surface area contributed by atoms with Crippen molar-refractivity contribution in [3.05, 3.63) is 116 Å². The second-order valence-electron chi connectivity index (χ2n) is 6.73. The minimum absolute atomic E-state index is 0.148. The van der Waals surface area contributed by atoms with Gasteiger partial charge in [0.1, 0.15) is 5.70 Å². The van der Waals surface area contributed by atoms with Crippen molar-refractivity contribution in [2.24, 2.45) is 0 Å². The fourth-order valence-electron chi connectivity index (χ4n) is 2.72. The van der Waals surface area contributed by atoms with Gasteiger partial charge in [0.15, 0.2) is 12.4 Å². The molecular formula is C24H17BrN2O6. The van der Waals surface area contributed by atoms with E-state index < -0.39 is 29.2 Å². The molecule has 0 aromatic heterocycles. The first-order valence-electron chi connectivity index (χ1n) is 9.62. The fourth-order valence-corrected chi connectivity index (χ4v) is 2.98. The van der Waals surface area contributed by atoms with E-state index in [-0.39, 0.29) is 16.9 Å². The van der Waals surface area contributed by atoms with E-state index in [1.807, 2.05) is 0 Å². The Hall–Kier alpha value is -4.11. The zero-order valence-corrected chi connectivity index (χ0v) is 18.7. The first-order chi connectivity index (χ1) is 15.8. The van der Waals surface area contributed by atoms with Gasteiger partial charge in [-0.25, -0.2) is 4.79 Å². The molecule has 166 valence electrons. The smallest absolute Gasteiger partial charge is 0.355 e. The lowest BCUT2D eigenvalue weighted by Crippen LogP contribution is -2.29. The predicted octanol–water partition coefficient (Wildman–Crippen LogP) is 4.55. The monoisotopic (exact) mass is 508 g/mol. The van der Waals surface area contributed by atoms with Crippen LogP contribution in [0.4, 0.5) is 5.69 Å². The molecule has 1 N–H and O–H groups in total. The van der Waals surface area contributed by atoms with E-state index in [1.54, 1.807) is 54.6 Å². The molecule has 0 aliphatic heterocycles. The Labute approximate surface area is 197 Å². The lowest BCUT2D eigenvalue weighted by molar-refractivity contribution is -0.384. The first kappa shape index (κ1) is 23.6. The van der Waals surface area contributed by atoms with Gasteiger partial charge in [0, 0.05) is 27.7 Å². The number of hydrogen-bond acceptors (Lipinski definition) is 6. The molecule has 3 aromatic carbocycles. The normalized spacial score (nSPS) is 10.9. The SMILES string of the molecule is O=C(OCC(=O)c1ccc([N+](=O)[O-])cc1)/C(=C\c1ccccc1)NC(=O)c1ccc(Br)cc1. The number of nitrogens with one attached hydrogen (secondary N) is 1. The molecule has 33 heavy (non-hydrogen) atoms. The van der Waals surface area contributed by atoms with Gasteiger partial charge in [-0.05, 0) is 48.0 Å². The summed E-state index contributed by atoms with van der Waals surface area (Å²) in [6.07, 6.45) is 1.44. The fraction of sp³-hybridized carbons (Fsp3) is 0.0417. The Morgan fingerprint density at radius 1 is 0.909 bits per heavy atom. The molecule has 3 rings (SSSR count). The van der Waals surface area contributed by atoms with Crippen molar-refractivity contribution in [1.82, 2.24) is 5.32 Å². The van der Waals surface area contributed by atoms with Gasteiger partial charge < -0.3 is 10.1 Å². The molecule has 0 radical (unpaired) electrons. The standard InChI is InChI=1S/C24H17BrN2O6/c25-19-10-6-18(7-11-19)23(29)26-21(14-16-4-2-1-3-5-16)24(30)33-15-22(28)17-8-12-20(13-9-17)27(31)32/h1-14H,15H2,(H,26,29)/b21-14+. The summed E-state index contributed by atoms with van der Waals surface area (Å²) in [5.74, 6) is -1.97. The molecule has 0 aliphatic carbocycles. The number of non-ortho nitro benzene ring substituents is 1. The quantitative estimate of drug-likeness (QED) is 0.157. The van der Waals surface area contributed by atoms with E-state index in [1.165, 1.54) is 30.3 Å². The van der Waals surface area contributed by atoms with Crippen molar-refractivity contribution in [2.75, 3.05) is 6.61 Å². The Balaban J connectivity index is 1.74. The van der Waals surface area contributed by atoms with E-state index in [0.29, 0.717) is 11.1 Å². The van der Waals surface area contributed by atoms with Gasteiger partial charge in [0.25, 0.3) is 11.6 Å². The zero-order valence-electron chi connectivity index (χ0n) is 17.1. The van der Waals surface area contributed by atoms with Gasteiger partial charge in [-0.3, -0.25) is 19.7 Å². The van der Waals surface area contributed by atoms with Crippen LogP contribution in [0.15, 0.2) is 89.0 Å². The molecule has 0 atom stereocenters. The van der Waals surface area contributed by atoms with Gasteiger partial charge in [-0.1, -0.05) is 46.3 Å². The lowest BCUT2D eigenvalue weighted by atomic mass is 10.1. The number of nitro benzene ring substituents is 1. The van der Waals surface area contributed by atoms with Crippen molar-refractivity contribution in [2.45, 2.75) is 0 Å². The minimum Gasteiger partial charge on any atom is -0.453 e. The Kier molecular flexibility index (Phi) is 7.82. The maximum Gasteiger partial charge on any atom is 0.355 e. The molecule has 0 unspecified atom stereocenters. The van der Waals surface area contributed by atoms with Crippen molar-refractivity contribution < 1.29 is 24.0 Å². The van der Waals surface area contributed by atoms with E-state index in [2.05, 4.69) is 21.2 Å². The number of benzene rings is 3. The predicted molar refractivity (Wildman–Crippen MR) is 124 cm³/mol. The summed E-state index contributed by atoms with van der Waals surface area (Å²) >= 11 is 3.29. The average Bonchev–Trinajstić information content (AvgIpc) is 2.83. The molecule has 3 aromatic rings. The lowest BCUT2D eigenvalue weighted by Gasteiger charge is -2.10. The van der Waals surface area contributed by atoms with Gasteiger partial charge in [0.2, 0.25) is 0 Å². The summed E-state index contributed by atoms with van der Waals surface area (Å²) < 4.78 is 5.91. The van der Waals surface area contributed by atoms with Crippen molar-refractivity contribution in [3.8, 4) is 0 Å². The second kappa shape index (κ2) is 11.0. The van der Waals surface area contributed by atoms with Gasteiger partial charge in [0.05, 0.1) is 4.92 Å². The number of ether oxygens (including phenoxy) is 1. The molecule has 8 nitrogen and oxygen atoms in total. The van der Waals surface area contributed by atoms with Crippen molar-refractivity contribution in [1.29, 1.82) is 0 Å². The van der Waals surface area contributed by atoms with Crippen LogP contribution >= 0.6 is 15.9 Å². The number of esters is 1. The number of halogens is 1. The molecule has 0 heterocycles. The van der Waals surface area contributed by atoms with Crippen LogP contribution in [-0.4, -0.2) is 29.2 Å². The van der Waals surface area contributed by atoms with Crippen LogP contribution in [0.3, 0.4) is 0 Å². The van der Waals surface area contributed by atoms with Crippen molar-refractivity contribution >= 4 is 45.4 Å². The van der Waals surface area contributed by atoms with Crippen LogP contribution in [0.25, 0.3) is 6.08 Å². The van der Waals surface area contributed by atoms with E-state index in [0.717, 1.165) is 4.47 Å². The highest BCUT2D eigenvalue weighted by Crippen LogP contribution is 2.14. The number of rotatable bonds is 8. The summed E-state index contributed by atoms with van der Waals surface area (Å²) in [6.45, 7) is -0.600. The summed E-state index contributed by atoms with van der Waals surface area (Å²) in [7, 11) is 0.